The molecule has 0 aromatic rings. The molecule has 0 saturated heterocycles. The topological polar surface area (TPSA) is 64.6 Å². The number of hydrogen-bond donors (Lipinski definition) is 1. The van der Waals surface area contributed by atoms with Gasteiger partial charge in [-0.25, -0.2) is 9.59 Å². The van der Waals surface area contributed by atoms with Gasteiger partial charge < -0.3 is 14.8 Å². The van der Waals surface area contributed by atoms with Crippen LogP contribution in [-0.4, -0.2) is 26.2 Å². The van der Waals surface area contributed by atoms with E-state index >= 15 is 0 Å². The van der Waals surface area contributed by atoms with Crippen molar-refractivity contribution in [3.63, 3.8) is 0 Å². The summed E-state index contributed by atoms with van der Waals surface area (Å²) in [7, 11) is 2.59. The number of ether oxygens (including phenoxy) is 2. The quantitative estimate of drug-likeness (QED) is 0.551. The standard InChI is InChI=1S/C10H15NO4/c1-7(5-9(12)14-3)11-8(2)6-10(13)15-4/h5-6,11H,1-4H3. The summed E-state index contributed by atoms with van der Waals surface area (Å²) in [6.45, 7) is 3.37. The fourth-order valence-corrected chi connectivity index (χ4v) is 0.855. The van der Waals surface area contributed by atoms with Gasteiger partial charge in [-0.15, -0.1) is 0 Å². The molecule has 0 rings (SSSR count). The zero-order valence-electron chi connectivity index (χ0n) is 9.29. The van der Waals surface area contributed by atoms with Gasteiger partial charge in [0, 0.05) is 23.5 Å². The molecule has 5 heteroatoms. The lowest BCUT2D eigenvalue weighted by Gasteiger charge is -2.05. The zero-order valence-corrected chi connectivity index (χ0v) is 9.29. The molecule has 0 aromatic carbocycles. The Balaban J connectivity index is 4.35. The van der Waals surface area contributed by atoms with Crippen molar-refractivity contribution in [1.29, 1.82) is 0 Å². The monoisotopic (exact) mass is 213 g/mol. The number of rotatable bonds is 4. The van der Waals surface area contributed by atoms with Crippen molar-refractivity contribution in [3.8, 4) is 0 Å². The number of esters is 2. The molecule has 1 N–H and O–H groups in total. The Morgan fingerprint density at radius 3 is 1.53 bits per heavy atom. The Morgan fingerprint density at radius 2 is 1.27 bits per heavy atom. The third-order valence-corrected chi connectivity index (χ3v) is 1.47. The highest BCUT2D eigenvalue weighted by Crippen LogP contribution is 1.95. The Bertz CT molecular complexity index is 275. The third-order valence-electron chi connectivity index (χ3n) is 1.47. The fraction of sp³-hybridized carbons (Fsp3) is 0.400. The molecule has 15 heavy (non-hydrogen) atoms. The molecule has 0 aromatic heterocycles. The van der Waals surface area contributed by atoms with E-state index in [-0.39, 0.29) is 0 Å². The number of carbonyl (C=O) groups excluding carboxylic acids is 2. The van der Waals surface area contributed by atoms with Crippen molar-refractivity contribution < 1.29 is 19.1 Å². The highest BCUT2D eigenvalue weighted by Gasteiger charge is 1.99. The molecule has 0 saturated carbocycles. The van der Waals surface area contributed by atoms with Crippen LogP contribution in [0.2, 0.25) is 0 Å². The highest BCUT2D eigenvalue weighted by molar-refractivity contribution is 5.83. The fourth-order valence-electron chi connectivity index (χ4n) is 0.855. The van der Waals surface area contributed by atoms with Crippen LogP contribution in [0.15, 0.2) is 23.5 Å². The normalized spacial score (nSPS) is 12.0. The molecular formula is C10H15NO4. The minimum atomic E-state index is -0.453. The van der Waals surface area contributed by atoms with Crippen LogP contribution < -0.4 is 5.32 Å². The van der Waals surface area contributed by atoms with Crippen LogP contribution in [0.5, 0.6) is 0 Å². The van der Waals surface area contributed by atoms with Gasteiger partial charge in [0.15, 0.2) is 0 Å². The molecule has 0 aliphatic rings. The van der Waals surface area contributed by atoms with Gasteiger partial charge in [-0.05, 0) is 13.8 Å². The largest absolute Gasteiger partial charge is 0.466 e. The van der Waals surface area contributed by atoms with Crippen molar-refractivity contribution in [2.24, 2.45) is 0 Å². The molecule has 0 amide bonds. The second-order valence-corrected chi connectivity index (χ2v) is 2.83. The van der Waals surface area contributed by atoms with Crippen molar-refractivity contribution in [3.05, 3.63) is 23.5 Å². The molecule has 0 fully saturated rings. The number of nitrogens with one attached hydrogen (secondary N) is 1. The van der Waals surface area contributed by atoms with Gasteiger partial charge in [-0.2, -0.15) is 0 Å². The van der Waals surface area contributed by atoms with E-state index in [1.807, 2.05) is 0 Å². The molecular weight excluding hydrogens is 198 g/mol. The molecule has 0 heterocycles. The predicted molar refractivity (Wildman–Crippen MR) is 54.7 cm³/mol. The molecule has 0 aliphatic heterocycles. The Morgan fingerprint density at radius 1 is 0.933 bits per heavy atom. The first kappa shape index (κ1) is 13.2. The minimum Gasteiger partial charge on any atom is -0.466 e. The summed E-state index contributed by atoms with van der Waals surface area (Å²) in [5.74, 6) is -0.906. The van der Waals surface area contributed by atoms with Gasteiger partial charge in [-0.3, -0.25) is 0 Å². The van der Waals surface area contributed by atoms with Crippen molar-refractivity contribution >= 4 is 11.9 Å². The molecule has 0 atom stereocenters. The van der Waals surface area contributed by atoms with Crippen LogP contribution >= 0.6 is 0 Å². The maximum atomic E-state index is 10.8. The summed E-state index contributed by atoms with van der Waals surface area (Å²) in [4.78, 5) is 21.7. The molecule has 84 valence electrons. The second kappa shape index (κ2) is 6.64. The molecule has 0 radical (unpaired) electrons. The van der Waals surface area contributed by atoms with Crippen LogP contribution in [0, 0.1) is 0 Å². The maximum Gasteiger partial charge on any atom is 0.332 e. The van der Waals surface area contributed by atoms with Crippen molar-refractivity contribution in [2.45, 2.75) is 13.8 Å². The number of allylic oxidation sites excluding steroid dienone is 2. The third kappa shape index (κ3) is 6.31. The smallest absolute Gasteiger partial charge is 0.332 e. The first-order valence-corrected chi connectivity index (χ1v) is 4.29. The SMILES string of the molecule is COC(=O)C=C(C)NC(C)=CC(=O)OC. The Hall–Kier alpha value is -1.78. The Labute approximate surface area is 88.7 Å². The lowest BCUT2D eigenvalue weighted by Crippen LogP contribution is -2.12. The van der Waals surface area contributed by atoms with E-state index in [9.17, 15) is 9.59 Å². The van der Waals surface area contributed by atoms with E-state index in [1.165, 1.54) is 26.4 Å². The zero-order chi connectivity index (χ0) is 11.8. The van der Waals surface area contributed by atoms with Crippen LogP contribution in [0.25, 0.3) is 0 Å². The lowest BCUT2D eigenvalue weighted by atomic mass is 10.3. The van der Waals surface area contributed by atoms with E-state index in [0.29, 0.717) is 11.4 Å². The molecule has 5 nitrogen and oxygen atoms in total. The Kier molecular flexibility index (Phi) is 5.85. The maximum absolute atomic E-state index is 10.8. The van der Waals surface area contributed by atoms with Crippen molar-refractivity contribution in [1.82, 2.24) is 5.32 Å². The summed E-state index contributed by atoms with van der Waals surface area (Å²) < 4.78 is 8.88. The van der Waals surface area contributed by atoms with Crippen LogP contribution in [-0.2, 0) is 19.1 Å². The van der Waals surface area contributed by atoms with Crippen LogP contribution in [0.3, 0.4) is 0 Å². The van der Waals surface area contributed by atoms with E-state index in [0.717, 1.165) is 0 Å². The minimum absolute atomic E-state index is 0.453. The second-order valence-electron chi connectivity index (χ2n) is 2.83. The van der Waals surface area contributed by atoms with Gasteiger partial charge in [-0.1, -0.05) is 0 Å². The first-order chi connectivity index (χ1) is 6.99. The van der Waals surface area contributed by atoms with Gasteiger partial charge in [0.1, 0.15) is 0 Å². The summed E-state index contributed by atoms with van der Waals surface area (Å²) in [6.07, 6.45) is 2.57. The van der Waals surface area contributed by atoms with E-state index < -0.39 is 11.9 Å². The summed E-state index contributed by atoms with van der Waals surface area (Å²) in [5.41, 5.74) is 1.17. The highest BCUT2D eigenvalue weighted by atomic mass is 16.5. The van der Waals surface area contributed by atoms with Crippen LogP contribution in [0.1, 0.15) is 13.8 Å². The van der Waals surface area contributed by atoms with Gasteiger partial charge in [0.25, 0.3) is 0 Å². The number of hydrogen-bond acceptors (Lipinski definition) is 5. The van der Waals surface area contributed by atoms with E-state index in [4.69, 9.17) is 0 Å². The van der Waals surface area contributed by atoms with Gasteiger partial charge >= 0.3 is 11.9 Å². The summed E-state index contributed by atoms with van der Waals surface area (Å²) >= 11 is 0. The van der Waals surface area contributed by atoms with Crippen molar-refractivity contribution in [2.75, 3.05) is 14.2 Å². The average Bonchev–Trinajstić information content (AvgIpc) is 2.16. The summed E-state index contributed by atoms with van der Waals surface area (Å²) in [5, 5.41) is 2.83. The number of carbonyl (C=O) groups is 2. The lowest BCUT2D eigenvalue weighted by molar-refractivity contribution is -0.135. The molecule has 0 bridgehead atoms. The molecule has 0 spiro atoms. The van der Waals surface area contributed by atoms with E-state index in [2.05, 4.69) is 14.8 Å². The van der Waals surface area contributed by atoms with Gasteiger partial charge in [0.2, 0.25) is 0 Å². The van der Waals surface area contributed by atoms with Gasteiger partial charge in [0.05, 0.1) is 14.2 Å². The summed E-state index contributed by atoms with van der Waals surface area (Å²) in [6, 6.07) is 0. The number of methoxy groups -OCH3 is 2. The van der Waals surface area contributed by atoms with Crippen LogP contribution in [0.4, 0.5) is 0 Å². The average molecular weight is 213 g/mol. The predicted octanol–water partition coefficient (Wildman–Crippen LogP) is 0.730. The molecule has 0 unspecified atom stereocenters. The van der Waals surface area contributed by atoms with E-state index in [1.54, 1.807) is 13.8 Å². The molecule has 0 aliphatic carbocycles. The first-order valence-electron chi connectivity index (χ1n) is 4.29.